The lowest BCUT2D eigenvalue weighted by Gasteiger charge is -2.13. The smallest absolute Gasteiger partial charge is 0.190 e. The molecule has 0 fully saturated rings. The van der Waals surface area contributed by atoms with Crippen molar-refractivity contribution in [2.75, 3.05) is 0 Å². The molecule has 0 saturated heterocycles. The molecule has 0 radical (unpaired) electrons. The molecule has 1 aliphatic rings. The van der Waals surface area contributed by atoms with Crippen molar-refractivity contribution in [1.82, 2.24) is 0 Å². The van der Waals surface area contributed by atoms with E-state index in [1.165, 1.54) is 6.08 Å². The molecule has 0 saturated carbocycles. The quantitative estimate of drug-likeness (QED) is 0.755. The van der Waals surface area contributed by atoms with Crippen LogP contribution in [0.15, 0.2) is 30.3 Å². The molecular weight excluding hydrogens is 315 g/mol. The highest BCUT2D eigenvalue weighted by Gasteiger charge is 2.19. The summed E-state index contributed by atoms with van der Waals surface area (Å²) in [6.07, 6.45) is 3.31. The maximum absolute atomic E-state index is 11.7. The van der Waals surface area contributed by atoms with Gasteiger partial charge in [-0.1, -0.05) is 12.1 Å². The first-order chi connectivity index (χ1) is 7.66. The van der Waals surface area contributed by atoms with Crippen molar-refractivity contribution in [1.29, 1.82) is 0 Å². The van der Waals surface area contributed by atoms with E-state index in [0.29, 0.717) is 5.56 Å². The normalized spacial score (nSPS) is 13.4. The van der Waals surface area contributed by atoms with Crippen LogP contribution in [0.25, 0.3) is 16.8 Å². The predicted octanol–water partition coefficient (Wildman–Crippen LogP) is 3.36. The van der Waals surface area contributed by atoms with E-state index in [1.54, 1.807) is 12.1 Å². The number of aromatic hydroxyl groups is 1. The first kappa shape index (κ1) is 9.84. The minimum atomic E-state index is -0.128. The number of phenolic OH excluding ortho intramolecular Hbond substituents is 1. The minimum Gasteiger partial charge on any atom is -0.507 e. The summed E-state index contributed by atoms with van der Waals surface area (Å²) in [5.41, 5.74) is 1.42. The van der Waals surface area contributed by atoms with Gasteiger partial charge in [0.15, 0.2) is 5.78 Å². The van der Waals surface area contributed by atoms with Gasteiger partial charge in [0.05, 0.1) is 5.56 Å². The van der Waals surface area contributed by atoms with Crippen molar-refractivity contribution in [2.45, 2.75) is 0 Å². The van der Waals surface area contributed by atoms with Gasteiger partial charge in [0, 0.05) is 8.96 Å². The number of hydrogen-bond acceptors (Lipinski definition) is 2. The molecule has 0 atom stereocenters. The van der Waals surface area contributed by atoms with Crippen molar-refractivity contribution in [2.24, 2.45) is 0 Å². The molecule has 0 unspecified atom stereocenters. The van der Waals surface area contributed by atoms with Crippen LogP contribution in [0.2, 0.25) is 0 Å². The van der Waals surface area contributed by atoms with E-state index < -0.39 is 0 Å². The Morgan fingerprint density at radius 2 is 1.94 bits per heavy atom. The van der Waals surface area contributed by atoms with Crippen molar-refractivity contribution >= 4 is 45.2 Å². The fourth-order valence-corrected chi connectivity index (χ4v) is 2.75. The Balaban J connectivity index is 2.58. The van der Waals surface area contributed by atoms with Gasteiger partial charge in [-0.15, -0.1) is 0 Å². The van der Waals surface area contributed by atoms with Gasteiger partial charge in [0.25, 0.3) is 0 Å². The Morgan fingerprint density at radius 3 is 2.75 bits per heavy atom. The summed E-state index contributed by atoms with van der Waals surface area (Å²) in [6.45, 7) is 0. The lowest BCUT2D eigenvalue weighted by molar-refractivity contribution is 0.104. The third-order valence-corrected chi connectivity index (χ3v) is 3.37. The highest BCUT2D eigenvalue weighted by atomic mass is 127. The summed E-state index contributed by atoms with van der Waals surface area (Å²) < 4.78 is 1.12. The molecule has 2 aromatic rings. The number of ketones is 1. The van der Waals surface area contributed by atoms with E-state index in [0.717, 1.165) is 19.9 Å². The van der Waals surface area contributed by atoms with Gasteiger partial charge in [-0.05, 0) is 57.8 Å². The summed E-state index contributed by atoms with van der Waals surface area (Å²) >= 11 is 2.25. The molecular formula is C13H7IO2. The molecule has 2 aromatic carbocycles. The molecule has 3 heteroatoms. The zero-order valence-corrected chi connectivity index (χ0v) is 10.4. The van der Waals surface area contributed by atoms with Crippen molar-refractivity contribution < 1.29 is 9.90 Å². The second kappa shape index (κ2) is 3.31. The Hall–Kier alpha value is -1.36. The average molecular weight is 322 g/mol. The monoisotopic (exact) mass is 322 g/mol. The molecule has 1 aliphatic carbocycles. The van der Waals surface area contributed by atoms with Crippen LogP contribution in [0.3, 0.4) is 0 Å². The van der Waals surface area contributed by atoms with E-state index in [-0.39, 0.29) is 11.5 Å². The highest BCUT2D eigenvalue weighted by Crippen LogP contribution is 2.35. The van der Waals surface area contributed by atoms with E-state index in [4.69, 9.17) is 0 Å². The molecule has 3 rings (SSSR count). The zero-order valence-electron chi connectivity index (χ0n) is 8.20. The lowest BCUT2D eigenvalue weighted by atomic mass is 9.92. The number of allylic oxidation sites excluding steroid dienone is 1. The van der Waals surface area contributed by atoms with E-state index in [1.807, 2.05) is 18.2 Å². The fourth-order valence-electron chi connectivity index (χ4n) is 2.08. The predicted molar refractivity (Wildman–Crippen MR) is 71.7 cm³/mol. The average Bonchev–Trinajstić information content (AvgIpc) is 2.25. The van der Waals surface area contributed by atoms with E-state index in [9.17, 15) is 9.90 Å². The summed E-state index contributed by atoms with van der Waals surface area (Å²) in [5.74, 6) is -0.0684. The Labute approximate surface area is 106 Å². The first-order valence-electron chi connectivity index (χ1n) is 4.84. The second-order valence-corrected chi connectivity index (χ2v) is 5.00. The Kier molecular flexibility index (Phi) is 2.04. The minimum absolute atomic E-state index is 0.0595. The van der Waals surface area contributed by atoms with Crippen LogP contribution in [0.1, 0.15) is 15.9 Å². The number of hydrogen-bond donors (Lipinski definition) is 1. The number of phenols is 1. The Morgan fingerprint density at radius 1 is 1.12 bits per heavy atom. The van der Waals surface area contributed by atoms with Crippen molar-refractivity contribution in [3.05, 3.63) is 45.0 Å². The van der Waals surface area contributed by atoms with Gasteiger partial charge in [-0.2, -0.15) is 0 Å². The van der Waals surface area contributed by atoms with Crippen LogP contribution in [0.5, 0.6) is 5.75 Å². The van der Waals surface area contributed by atoms with Gasteiger partial charge >= 0.3 is 0 Å². The Bertz CT molecular complexity index is 657. The summed E-state index contributed by atoms with van der Waals surface area (Å²) in [6, 6.07) is 7.43. The standard InChI is InChI=1S/C13H7IO2/c14-9-5-7-1-3-10(15)13-11(16)4-2-8(6-9)12(7)13/h1-6,15H. The van der Waals surface area contributed by atoms with E-state index in [2.05, 4.69) is 22.6 Å². The second-order valence-electron chi connectivity index (χ2n) is 3.75. The van der Waals surface area contributed by atoms with Gasteiger partial charge in [-0.3, -0.25) is 4.79 Å². The van der Waals surface area contributed by atoms with Crippen molar-refractivity contribution in [3.8, 4) is 5.75 Å². The topological polar surface area (TPSA) is 37.3 Å². The third-order valence-electron chi connectivity index (χ3n) is 2.75. The van der Waals surface area contributed by atoms with Gasteiger partial charge in [0.1, 0.15) is 5.75 Å². The number of carbonyl (C=O) groups excluding carboxylic acids is 1. The first-order valence-corrected chi connectivity index (χ1v) is 5.92. The zero-order chi connectivity index (χ0) is 11.3. The maximum atomic E-state index is 11.7. The lowest BCUT2D eigenvalue weighted by Crippen LogP contribution is -2.02. The highest BCUT2D eigenvalue weighted by molar-refractivity contribution is 14.1. The largest absolute Gasteiger partial charge is 0.507 e. The van der Waals surface area contributed by atoms with Crippen LogP contribution >= 0.6 is 22.6 Å². The molecule has 0 heterocycles. The molecule has 0 amide bonds. The number of halogens is 1. The van der Waals surface area contributed by atoms with Crippen LogP contribution < -0.4 is 0 Å². The van der Waals surface area contributed by atoms with Crippen LogP contribution in [-0.2, 0) is 0 Å². The number of carbonyl (C=O) groups is 1. The summed E-state index contributed by atoms with van der Waals surface area (Å²) in [5, 5.41) is 11.6. The molecule has 0 bridgehead atoms. The molecule has 2 nitrogen and oxygen atoms in total. The number of benzene rings is 2. The molecule has 0 aromatic heterocycles. The van der Waals surface area contributed by atoms with E-state index >= 15 is 0 Å². The van der Waals surface area contributed by atoms with Gasteiger partial charge in [0.2, 0.25) is 0 Å². The van der Waals surface area contributed by atoms with Crippen LogP contribution in [-0.4, -0.2) is 10.9 Å². The molecule has 0 spiro atoms. The molecule has 1 N–H and O–H groups in total. The van der Waals surface area contributed by atoms with Crippen LogP contribution in [0, 0.1) is 3.57 Å². The SMILES string of the molecule is O=C1C=Cc2cc(I)cc3ccc(O)c1c23. The summed E-state index contributed by atoms with van der Waals surface area (Å²) in [4.78, 5) is 11.7. The molecule has 16 heavy (non-hydrogen) atoms. The number of rotatable bonds is 0. The van der Waals surface area contributed by atoms with Gasteiger partial charge < -0.3 is 5.11 Å². The third kappa shape index (κ3) is 1.28. The van der Waals surface area contributed by atoms with Gasteiger partial charge in [-0.25, -0.2) is 0 Å². The molecule has 0 aliphatic heterocycles. The maximum Gasteiger partial charge on any atom is 0.190 e. The van der Waals surface area contributed by atoms with Crippen molar-refractivity contribution in [3.63, 3.8) is 0 Å². The molecule has 78 valence electrons. The summed E-state index contributed by atoms with van der Waals surface area (Å²) in [7, 11) is 0. The van der Waals surface area contributed by atoms with Crippen LogP contribution in [0.4, 0.5) is 0 Å². The fraction of sp³-hybridized carbons (Fsp3) is 0.